The molecule has 2 heterocycles. The summed E-state index contributed by atoms with van der Waals surface area (Å²) in [6.45, 7) is 2.59. The minimum Gasteiger partial charge on any atom is -0.478 e. The van der Waals surface area contributed by atoms with Crippen molar-refractivity contribution >= 4 is 22.8 Å². The lowest BCUT2D eigenvalue weighted by molar-refractivity contribution is -0.118. The highest BCUT2D eigenvalue weighted by atomic mass is 16.4. The largest absolute Gasteiger partial charge is 0.478 e. The maximum absolute atomic E-state index is 11.8. The van der Waals surface area contributed by atoms with Gasteiger partial charge in [0.25, 0.3) is 0 Å². The highest BCUT2D eigenvalue weighted by molar-refractivity contribution is 6.05. The van der Waals surface area contributed by atoms with Crippen LogP contribution in [0.2, 0.25) is 0 Å². The maximum Gasteiger partial charge on any atom is 0.338 e. The van der Waals surface area contributed by atoms with Gasteiger partial charge in [-0.2, -0.15) is 0 Å². The van der Waals surface area contributed by atoms with Gasteiger partial charge in [-0.3, -0.25) is 4.79 Å². The number of nitrogens with two attached hydrogens (primary N) is 1. The number of nitrogens with zero attached hydrogens (tertiary/aromatic N) is 2. The van der Waals surface area contributed by atoms with Crippen LogP contribution in [0, 0.1) is 5.92 Å². The van der Waals surface area contributed by atoms with Gasteiger partial charge in [0.1, 0.15) is 0 Å². The predicted molar refractivity (Wildman–Crippen MR) is 96.6 cm³/mol. The second kappa shape index (κ2) is 7.27. The molecule has 0 spiro atoms. The van der Waals surface area contributed by atoms with E-state index in [0.717, 1.165) is 55.5 Å². The Labute approximate surface area is 147 Å². The maximum atomic E-state index is 11.8. The van der Waals surface area contributed by atoms with Gasteiger partial charge < -0.3 is 20.3 Å². The topological polar surface area (TPSA) is 88.6 Å². The van der Waals surface area contributed by atoms with E-state index in [4.69, 9.17) is 5.73 Å². The summed E-state index contributed by atoms with van der Waals surface area (Å²) in [5.74, 6) is -0.652. The van der Waals surface area contributed by atoms with E-state index in [1.54, 1.807) is 0 Å². The van der Waals surface area contributed by atoms with Gasteiger partial charge in [-0.05, 0) is 44.3 Å². The summed E-state index contributed by atoms with van der Waals surface area (Å²) in [6, 6.07) is 7.68. The summed E-state index contributed by atoms with van der Waals surface area (Å²) in [5, 5.41) is 10.5. The number of carbonyl (C=O) groups is 2. The van der Waals surface area contributed by atoms with E-state index in [1.807, 2.05) is 35.9 Å². The SMILES string of the molecule is Cn1c(CC2CCN(CCC(N)=O)CC2)c(C(=O)O)c2ccccc21. The van der Waals surface area contributed by atoms with Crippen molar-refractivity contribution < 1.29 is 14.7 Å². The van der Waals surface area contributed by atoms with E-state index >= 15 is 0 Å². The number of aromatic carboxylic acids is 1. The first-order valence-corrected chi connectivity index (χ1v) is 8.77. The Morgan fingerprint density at radius 1 is 1.24 bits per heavy atom. The normalized spacial score (nSPS) is 16.4. The Morgan fingerprint density at radius 2 is 1.92 bits per heavy atom. The van der Waals surface area contributed by atoms with Crippen molar-refractivity contribution in [2.24, 2.45) is 18.7 Å². The number of fused-ring (bicyclic) bond motifs is 1. The lowest BCUT2D eigenvalue weighted by Crippen LogP contribution is -2.36. The number of likely N-dealkylation sites (tertiary alicyclic amines) is 1. The molecule has 0 radical (unpaired) electrons. The third kappa shape index (κ3) is 3.69. The number of hydrogen-bond donors (Lipinski definition) is 2. The molecule has 1 aromatic heterocycles. The van der Waals surface area contributed by atoms with E-state index in [2.05, 4.69) is 4.90 Å². The number of carboxylic acids is 1. The number of hydrogen-bond acceptors (Lipinski definition) is 3. The number of piperidine rings is 1. The molecule has 0 bridgehead atoms. The average molecular weight is 343 g/mol. The first-order valence-electron chi connectivity index (χ1n) is 8.77. The second-order valence-electron chi connectivity index (χ2n) is 6.91. The molecule has 2 aromatic rings. The van der Waals surface area contributed by atoms with Gasteiger partial charge in [0.15, 0.2) is 0 Å². The number of aryl methyl sites for hydroxylation is 1. The Balaban J connectivity index is 1.74. The molecule has 3 N–H and O–H groups in total. The van der Waals surface area contributed by atoms with Gasteiger partial charge in [0.2, 0.25) is 5.91 Å². The Morgan fingerprint density at radius 3 is 2.56 bits per heavy atom. The van der Waals surface area contributed by atoms with Crippen molar-refractivity contribution in [1.29, 1.82) is 0 Å². The molecule has 0 unspecified atom stereocenters. The van der Waals surface area contributed by atoms with Crippen LogP contribution in [-0.4, -0.2) is 46.1 Å². The zero-order valence-corrected chi connectivity index (χ0v) is 14.6. The summed E-state index contributed by atoms with van der Waals surface area (Å²) in [4.78, 5) is 25.0. The lowest BCUT2D eigenvalue weighted by Gasteiger charge is -2.31. The summed E-state index contributed by atoms with van der Waals surface area (Å²) < 4.78 is 2.03. The number of aromatic nitrogens is 1. The molecule has 1 fully saturated rings. The van der Waals surface area contributed by atoms with Crippen LogP contribution in [0.3, 0.4) is 0 Å². The Bertz CT molecular complexity index is 789. The van der Waals surface area contributed by atoms with Crippen molar-refractivity contribution in [3.05, 3.63) is 35.5 Å². The molecule has 3 rings (SSSR count). The van der Waals surface area contributed by atoms with Crippen LogP contribution in [0.25, 0.3) is 10.9 Å². The van der Waals surface area contributed by atoms with E-state index < -0.39 is 5.97 Å². The molecule has 1 saturated heterocycles. The van der Waals surface area contributed by atoms with Crippen molar-refractivity contribution in [3.63, 3.8) is 0 Å². The Kier molecular flexibility index (Phi) is 5.08. The van der Waals surface area contributed by atoms with Crippen LogP contribution < -0.4 is 5.73 Å². The number of carboxylic acid groups (broad SMARTS) is 1. The molecule has 0 atom stereocenters. The van der Waals surface area contributed by atoms with Crippen molar-refractivity contribution in [1.82, 2.24) is 9.47 Å². The molecule has 0 aliphatic carbocycles. The molecule has 134 valence electrons. The predicted octanol–water partition coefficient (Wildman–Crippen LogP) is 2.01. The number of primary amides is 1. The van der Waals surface area contributed by atoms with E-state index in [9.17, 15) is 14.7 Å². The van der Waals surface area contributed by atoms with Crippen LogP contribution >= 0.6 is 0 Å². The highest BCUT2D eigenvalue weighted by Gasteiger charge is 2.25. The molecular formula is C19H25N3O3. The van der Waals surface area contributed by atoms with Crippen LogP contribution in [0.15, 0.2) is 24.3 Å². The highest BCUT2D eigenvalue weighted by Crippen LogP contribution is 2.30. The standard InChI is InChI=1S/C19H25N3O3/c1-21-15-5-3-2-4-14(15)18(19(24)25)16(21)12-13-6-9-22(10-7-13)11-8-17(20)23/h2-5,13H,6-12H2,1H3,(H2,20,23)(H,24,25). The smallest absolute Gasteiger partial charge is 0.338 e. The van der Waals surface area contributed by atoms with Gasteiger partial charge in [-0.15, -0.1) is 0 Å². The quantitative estimate of drug-likeness (QED) is 0.840. The number of rotatable bonds is 6. The van der Waals surface area contributed by atoms with Crippen LogP contribution in [0.5, 0.6) is 0 Å². The number of para-hydroxylation sites is 1. The van der Waals surface area contributed by atoms with E-state index in [0.29, 0.717) is 17.9 Å². The third-order valence-corrected chi connectivity index (χ3v) is 5.31. The molecule has 0 saturated carbocycles. The minimum absolute atomic E-state index is 0.260. The van der Waals surface area contributed by atoms with E-state index in [1.165, 1.54) is 0 Å². The fraction of sp³-hybridized carbons (Fsp3) is 0.474. The number of amides is 1. The molecule has 1 amide bonds. The molecular weight excluding hydrogens is 318 g/mol. The van der Waals surface area contributed by atoms with Gasteiger partial charge >= 0.3 is 5.97 Å². The van der Waals surface area contributed by atoms with Gasteiger partial charge in [-0.25, -0.2) is 4.79 Å². The average Bonchev–Trinajstić information content (AvgIpc) is 2.87. The van der Waals surface area contributed by atoms with Gasteiger partial charge in [0.05, 0.1) is 5.56 Å². The summed E-state index contributed by atoms with van der Waals surface area (Å²) in [6.07, 6.45) is 3.20. The molecule has 1 aliphatic heterocycles. The van der Waals surface area contributed by atoms with Crippen molar-refractivity contribution in [2.45, 2.75) is 25.7 Å². The van der Waals surface area contributed by atoms with Gasteiger partial charge in [-0.1, -0.05) is 18.2 Å². The number of carbonyl (C=O) groups excluding carboxylic acids is 1. The minimum atomic E-state index is -0.856. The summed E-state index contributed by atoms with van der Waals surface area (Å²) in [5.41, 5.74) is 7.53. The van der Waals surface area contributed by atoms with E-state index in [-0.39, 0.29) is 5.91 Å². The Hall–Kier alpha value is -2.34. The first-order chi connectivity index (χ1) is 12.0. The number of benzene rings is 1. The van der Waals surface area contributed by atoms with Crippen LogP contribution in [-0.2, 0) is 18.3 Å². The van der Waals surface area contributed by atoms with Crippen molar-refractivity contribution in [2.75, 3.05) is 19.6 Å². The fourth-order valence-electron chi connectivity index (χ4n) is 3.88. The van der Waals surface area contributed by atoms with Crippen LogP contribution in [0.1, 0.15) is 35.3 Å². The zero-order chi connectivity index (χ0) is 18.0. The van der Waals surface area contributed by atoms with Crippen molar-refractivity contribution in [3.8, 4) is 0 Å². The lowest BCUT2D eigenvalue weighted by atomic mass is 9.90. The third-order valence-electron chi connectivity index (χ3n) is 5.31. The molecule has 6 heteroatoms. The summed E-state index contributed by atoms with van der Waals surface area (Å²) >= 11 is 0. The molecule has 1 aromatic carbocycles. The van der Waals surface area contributed by atoms with Crippen LogP contribution in [0.4, 0.5) is 0 Å². The molecule has 6 nitrogen and oxygen atoms in total. The van der Waals surface area contributed by atoms with Gasteiger partial charge in [0, 0.05) is 36.6 Å². The first kappa shape index (κ1) is 17.5. The fourth-order valence-corrected chi connectivity index (χ4v) is 3.88. The zero-order valence-electron chi connectivity index (χ0n) is 14.6. The molecule has 25 heavy (non-hydrogen) atoms. The summed E-state index contributed by atoms with van der Waals surface area (Å²) in [7, 11) is 1.95. The second-order valence-corrected chi connectivity index (χ2v) is 6.91. The monoisotopic (exact) mass is 343 g/mol. The molecule has 1 aliphatic rings.